The molecule has 0 heterocycles. The summed E-state index contributed by atoms with van der Waals surface area (Å²) in [6.07, 6.45) is 2.69. The molecule has 0 aromatic heterocycles. The fourth-order valence-corrected chi connectivity index (χ4v) is 1.75. The van der Waals surface area contributed by atoms with Gasteiger partial charge in [0.2, 0.25) is 0 Å². The van der Waals surface area contributed by atoms with E-state index in [-0.39, 0.29) is 0 Å². The van der Waals surface area contributed by atoms with Crippen LogP contribution in [0.1, 0.15) is 6.42 Å². The maximum absolute atomic E-state index is 5.56. The van der Waals surface area contributed by atoms with Crippen LogP contribution < -0.4 is 9.47 Å². The Morgan fingerprint density at radius 3 is 2.79 bits per heavy atom. The Hall–Kier alpha value is -0.710. The van der Waals surface area contributed by atoms with E-state index in [4.69, 9.17) is 9.47 Å². The van der Waals surface area contributed by atoms with E-state index in [0.717, 1.165) is 21.5 Å². The molecule has 14 heavy (non-hydrogen) atoms. The molecule has 0 spiro atoms. The molecular formula is C11H13IO2. The van der Waals surface area contributed by atoms with Gasteiger partial charge in [-0.05, 0) is 41.1 Å². The summed E-state index contributed by atoms with van der Waals surface area (Å²) in [5, 5.41) is 0. The van der Waals surface area contributed by atoms with Gasteiger partial charge in [0.15, 0.2) is 0 Å². The number of ether oxygens (including phenoxy) is 2. The Morgan fingerprint density at radius 1 is 1.43 bits per heavy atom. The Kier molecular flexibility index (Phi) is 4.79. The number of halogens is 1. The average Bonchev–Trinajstić information content (AvgIpc) is 2.21. The quantitative estimate of drug-likeness (QED) is 0.472. The van der Waals surface area contributed by atoms with E-state index < -0.39 is 0 Å². The molecule has 0 atom stereocenters. The number of hydrogen-bond donors (Lipinski definition) is 0. The molecule has 0 unspecified atom stereocenters. The van der Waals surface area contributed by atoms with Gasteiger partial charge in [0.25, 0.3) is 0 Å². The van der Waals surface area contributed by atoms with Crippen LogP contribution in [0.25, 0.3) is 0 Å². The minimum atomic E-state index is 0.659. The number of benzene rings is 1. The molecule has 0 aliphatic heterocycles. The fourth-order valence-electron chi connectivity index (χ4n) is 1.01. The predicted octanol–water partition coefficient (Wildman–Crippen LogP) is 3.25. The molecule has 0 fully saturated rings. The summed E-state index contributed by atoms with van der Waals surface area (Å²) in [4.78, 5) is 0. The van der Waals surface area contributed by atoms with Crippen LogP contribution in [0.4, 0.5) is 0 Å². The topological polar surface area (TPSA) is 18.5 Å². The molecule has 76 valence electrons. The average molecular weight is 304 g/mol. The van der Waals surface area contributed by atoms with Crippen molar-refractivity contribution < 1.29 is 9.47 Å². The van der Waals surface area contributed by atoms with Crippen molar-refractivity contribution in [2.45, 2.75) is 6.42 Å². The normalized spacial score (nSPS) is 9.57. The summed E-state index contributed by atoms with van der Waals surface area (Å²) < 4.78 is 11.8. The summed E-state index contributed by atoms with van der Waals surface area (Å²) in [5.41, 5.74) is 0. The predicted molar refractivity (Wildman–Crippen MR) is 66.0 cm³/mol. The monoisotopic (exact) mass is 304 g/mol. The first-order valence-corrected chi connectivity index (χ1v) is 5.43. The zero-order chi connectivity index (χ0) is 10.4. The van der Waals surface area contributed by atoms with Gasteiger partial charge in [-0.3, -0.25) is 0 Å². The standard InChI is InChI=1S/C11H13IO2/c1-3-4-8-14-10-7-5-6-9(13-2)11(10)12/h3,5-7H,1,4,8H2,2H3. The lowest BCUT2D eigenvalue weighted by Gasteiger charge is -2.09. The minimum absolute atomic E-state index is 0.659. The molecule has 3 heteroatoms. The molecule has 1 aromatic carbocycles. The van der Waals surface area contributed by atoms with Crippen LogP contribution in [0.15, 0.2) is 30.9 Å². The molecule has 0 aliphatic carbocycles. The van der Waals surface area contributed by atoms with Crippen LogP contribution in [-0.2, 0) is 0 Å². The largest absolute Gasteiger partial charge is 0.496 e. The third-order valence-electron chi connectivity index (χ3n) is 1.73. The second-order valence-corrected chi connectivity index (χ2v) is 3.78. The first kappa shape index (κ1) is 11.4. The first-order valence-electron chi connectivity index (χ1n) is 4.35. The Morgan fingerprint density at radius 2 is 2.14 bits per heavy atom. The molecule has 0 amide bonds. The van der Waals surface area contributed by atoms with Gasteiger partial charge < -0.3 is 9.47 Å². The third-order valence-corrected chi connectivity index (χ3v) is 2.79. The van der Waals surface area contributed by atoms with E-state index in [1.54, 1.807) is 7.11 Å². The molecule has 0 aliphatic rings. The van der Waals surface area contributed by atoms with E-state index >= 15 is 0 Å². The summed E-state index contributed by atoms with van der Waals surface area (Å²) in [7, 11) is 1.66. The SMILES string of the molecule is C=CCCOc1cccc(OC)c1I. The van der Waals surface area contributed by atoms with E-state index in [1.807, 2.05) is 24.3 Å². The Labute approximate surface area is 98.1 Å². The molecule has 0 bridgehead atoms. The van der Waals surface area contributed by atoms with E-state index in [1.165, 1.54) is 0 Å². The lowest BCUT2D eigenvalue weighted by Crippen LogP contribution is -1.98. The van der Waals surface area contributed by atoms with Gasteiger partial charge in [0.05, 0.1) is 17.3 Å². The molecule has 0 N–H and O–H groups in total. The van der Waals surface area contributed by atoms with Crippen molar-refractivity contribution in [1.82, 2.24) is 0 Å². The zero-order valence-corrected chi connectivity index (χ0v) is 10.3. The van der Waals surface area contributed by atoms with Gasteiger partial charge in [0.1, 0.15) is 11.5 Å². The second-order valence-electron chi connectivity index (χ2n) is 2.70. The van der Waals surface area contributed by atoms with Crippen molar-refractivity contribution in [2.24, 2.45) is 0 Å². The van der Waals surface area contributed by atoms with Crippen LogP contribution in [0.3, 0.4) is 0 Å². The van der Waals surface area contributed by atoms with Crippen molar-refractivity contribution in [3.8, 4) is 11.5 Å². The van der Waals surface area contributed by atoms with Crippen molar-refractivity contribution in [3.63, 3.8) is 0 Å². The molecule has 0 radical (unpaired) electrons. The molecule has 1 aromatic rings. The van der Waals surface area contributed by atoms with Gasteiger partial charge in [-0.1, -0.05) is 12.1 Å². The zero-order valence-electron chi connectivity index (χ0n) is 8.13. The van der Waals surface area contributed by atoms with Crippen LogP contribution in [0, 0.1) is 3.57 Å². The molecular weight excluding hydrogens is 291 g/mol. The van der Waals surface area contributed by atoms with Gasteiger partial charge in [-0.15, -0.1) is 6.58 Å². The maximum atomic E-state index is 5.56. The van der Waals surface area contributed by atoms with Gasteiger partial charge in [-0.2, -0.15) is 0 Å². The molecule has 0 saturated heterocycles. The summed E-state index contributed by atoms with van der Waals surface area (Å²) in [5.74, 6) is 1.72. The fraction of sp³-hybridized carbons (Fsp3) is 0.273. The van der Waals surface area contributed by atoms with E-state index in [0.29, 0.717) is 6.61 Å². The Balaban J connectivity index is 2.71. The number of rotatable bonds is 5. The van der Waals surface area contributed by atoms with Gasteiger partial charge in [0, 0.05) is 0 Å². The Bertz CT molecular complexity index is 310. The highest BCUT2D eigenvalue weighted by Gasteiger charge is 2.05. The highest BCUT2D eigenvalue weighted by atomic mass is 127. The number of methoxy groups -OCH3 is 1. The smallest absolute Gasteiger partial charge is 0.136 e. The lowest BCUT2D eigenvalue weighted by atomic mass is 10.3. The summed E-state index contributed by atoms with van der Waals surface area (Å²) in [6, 6.07) is 5.78. The number of hydrogen-bond acceptors (Lipinski definition) is 2. The van der Waals surface area contributed by atoms with Gasteiger partial charge in [-0.25, -0.2) is 0 Å². The van der Waals surface area contributed by atoms with Crippen molar-refractivity contribution in [3.05, 3.63) is 34.4 Å². The summed E-state index contributed by atoms with van der Waals surface area (Å²) >= 11 is 2.22. The van der Waals surface area contributed by atoms with Crippen molar-refractivity contribution >= 4 is 22.6 Å². The maximum Gasteiger partial charge on any atom is 0.136 e. The van der Waals surface area contributed by atoms with Crippen LogP contribution in [-0.4, -0.2) is 13.7 Å². The second kappa shape index (κ2) is 5.90. The van der Waals surface area contributed by atoms with Crippen molar-refractivity contribution in [2.75, 3.05) is 13.7 Å². The highest BCUT2D eigenvalue weighted by Crippen LogP contribution is 2.29. The van der Waals surface area contributed by atoms with Crippen LogP contribution in [0.5, 0.6) is 11.5 Å². The van der Waals surface area contributed by atoms with Crippen molar-refractivity contribution in [1.29, 1.82) is 0 Å². The first-order chi connectivity index (χ1) is 6.79. The molecule has 1 rings (SSSR count). The van der Waals surface area contributed by atoms with Gasteiger partial charge >= 0.3 is 0 Å². The molecule has 2 nitrogen and oxygen atoms in total. The minimum Gasteiger partial charge on any atom is -0.496 e. The molecule has 0 saturated carbocycles. The highest BCUT2D eigenvalue weighted by molar-refractivity contribution is 14.1. The van der Waals surface area contributed by atoms with Crippen LogP contribution in [0.2, 0.25) is 0 Å². The van der Waals surface area contributed by atoms with Crippen LogP contribution >= 0.6 is 22.6 Å². The third kappa shape index (κ3) is 2.90. The lowest BCUT2D eigenvalue weighted by molar-refractivity contribution is 0.319. The van der Waals surface area contributed by atoms with E-state index in [2.05, 4.69) is 29.2 Å². The summed E-state index contributed by atoms with van der Waals surface area (Å²) in [6.45, 7) is 4.30. The van der Waals surface area contributed by atoms with E-state index in [9.17, 15) is 0 Å².